The van der Waals surface area contributed by atoms with Gasteiger partial charge in [-0.2, -0.15) is 0 Å². The molecule has 2 aromatic carbocycles. The van der Waals surface area contributed by atoms with Gasteiger partial charge in [-0.3, -0.25) is 4.98 Å². The number of hydrogen-bond donors (Lipinski definition) is 0. The average Bonchev–Trinajstić information content (AvgIpc) is 2.61. The Labute approximate surface area is 134 Å². The minimum atomic E-state index is -0.432. The van der Waals surface area contributed by atoms with E-state index in [9.17, 15) is 4.79 Å². The smallest absolute Gasteiger partial charge is 0.338 e. The molecule has 3 rings (SSSR count). The summed E-state index contributed by atoms with van der Waals surface area (Å²) in [6.45, 7) is 0.310. The lowest BCUT2D eigenvalue weighted by molar-refractivity contribution is 0.00496. The molecule has 0 aliphatic heterocycles. The highest BCUT2D eigenvalue weighted by Crippen LogP contribution is 2.21. The van der Waals surface area contributed by atoms with Gasteiger partial charge in [0.05, 0.1) is 17.7 Å². The molecule has 116 valence electrons. The van der Waals surface area contributed by atoms with Crippen molar-refractivity contribution in [2.24, 2.45) is 0 Å². The van der Waals surface area contributed by atoms with E-state index in [4.69, 9.17) is 9.47 Å². The van der Waals surface area contributed by atoms with Crippen molar-refractivity contribution in [2.45, 2.75) is 6.10 Å². The van der Waals surface area contributed by atoms with Gasteiger partial charge in [-0.25, -0.2) is 4.79 Å². The third-order valence-electron chi connectivity index (χ3n) is 3.58. The summed E-state index contributed by atoms with van der Waals surface area (Å²) in [6, 6.07) is 18.7. The summed E-state index contributed by atoms with van der Waals surface area (Å²) in [5.41, 5.74) is 2.26. The first kappa shape index (κ1) is 15.2. The number of benzene rings is 2. The van der Waals surface area contributed by atoms with Crippen molar-refractivity contribution in [1.29, 1.82) is 0 Å². The van der Waals surface area contributed by atoms with E-state index in [0.717, 1.165) is 16.5 Å². The van der Waals surface area contributed by atoms with E-state index in [0.29, 0.717) is 12.2 Å². The molecule has 0 saturated carbocycles. The minimum Gasteiger partial charge on any atom is -0.451 e. The zero-order chi connectivity index (χ0) is 16.1. The van der Waals surface area contributed by atoms with Crippen LogP contribution in [0.25, 0.3) is 10.9 Å². The van der Waals surface area contributed by atoms with Crippen molar-refractivity contribution in [3.8, 4) is 0 Å². The van der Waals surface area contributed by atoms with Crippen LogP contribution in [0.5, 0.6) is 0 Å². The Kier molecular flexibility index (Phi) is 4.64. The molecule has 1 aromatic heterocycles. The van der Waals surface area contributed by atoms with E-state index in [-0.39, 0.29) is 5.97 Å². The molecule has 4 nitrogen and oxygen atoms in total. The van der Waals surface area contributed by atoms with Crippen LogP contribution in [-0.4, -0.2) is 24.7 Å². The van der Waals surface area contributed by atoms with Crippen LogP contribution in [0, 0.1) is 0 Å². The molecule has 0 bridgehead atoms. The summed E-state index contributed by atoms with van der Waals surface area (Å²) in [6.07, 6.45) is 1.29. The fourth-order valence-corrected chi connectivity index (χ4v) is 2.42. The summed E-state index contributed by atoms with van der Waals surface area (Å²) in [7, 11) is 1.59. The van der Waals surface area contributed by atoms with E-state index in [2.05, 4.69) is 4.98 Å². The molecule has 1 unspecified atom stereocenters. The normalized spacial score (nSPS) is 12.0. The van der Waals surface area contributed by atoms with Crippen molar-refractivity contribution in [3.05, 3.63) is 78.0 Å². The van der Waals surface area contributed by atoms with Crippen LogP contribution in [0.1, 0.15) is 22.0 Å². The molecule has 0 spiro atoms. The Bertz CT molecular complexity index is 802. The number of ether oxygens (including phenoxy) is 2. The predicted octanol–water partition coefficient (Wildman–Crippen LogP) is 3.78. The Morgan fingerprint density at radius 1 is 1.09 bits per heavy atom. The fraction of sp³-hybridized carbons (Fsp3) is 0.158. The molecular weight excluding hydrogens is 290 g/mol. The molecule has 0 aliphatic carbocycles. The van der Waals surface area contributed by atoms with Crippen molar-refractivity contribution >= 4 is 16.9 Å². The number of methoxy groups -OCH3 is 1. The van der Waals surface area contributed by atoms with Crippen LogP contribution in [0.4, 0.5) is 0 Å². The molecule has 0 N–H and O–H groups in total. The van der Waals surface area contributed by atoms with Crippen molar-refractivity contribution in [1.82, 2.24) is 4.98 Å². The van der Waals surface area contributed by atoms with E-state index in [1.165, 1.54) is 0 Å². The number of pyridine rings is 1. The Morgan fingerprint density at radius 3 is 2.70 bits per heavy atom. The van der Waals surface area contributed by atoms with Gasteiger partial charge in [0.2, 0.25) is 0 Å². The summed E-state index contributed by atoms with van der Waals surface area (Å²) < 4.78 is 10.8. The standard InChI is InChI=1S/C19H17NO3/c1-22-13-18(14-6-3-2-4-7-14)23-19(21)16-9-10-17-15(12-16)8-5-11-20-17/h2-12,18H,13H2,1H3. The molecule has 0 amide bonds. The monoisotopic (exact) mass is 307 g/mol. The number of carbonyl (C=O) groups is 1. The maximum Gasteiger partial charge on any atom is 0.338 e. The highest BCUT2D eigenvalue weighted by atomic mass is 16.6. The quantitative estimate of drug-likeness (QED) is 0.673. The third kappa shape index (κ3) is 3.55. The highest BCUT2D eigenvalue weighted by Gasteiger charge is 2.18. The lowest BCUT2D eigenvalue weighted by atomic mass is 10.1. The van der Waals surface area contributed by atoms with Crippen LogP contribution in [0.3, 0.4) is 0 Å². The van der Waals surface area contributed by atoms with E-state index in [1.807, 2.05) is 48.5 Å². The topological polar surface area (TPSA) is 48.4 Å². The Morgan fingerprint density at radius 2 is 1.91 bits per heavy atom. The van der Waals surface area contributed by atoms with Crippen LogP contribution < -0.4 is 0 Å². The number of hydrogen-bond acceptors (Lipinski definition) is 4. The number of esters is 1. The number of aromatic nitrogens is 1. The summed E-state index contributed by atoms with van der Waals surface area (Å²) in [4.78, 5) is 16.7. The van der Waals surface area contributed by atoms with Gasteiger partial charge in [-0.05, 0) is 29.8 Å². The fourth-order valence-electron chi connectivity index (χ4n) is 2.42. The molecule has 23 heavy (non-hydrogen) atoms. The van der Waals surface area contributed by atoms with Crippen LogP contribution >= 0.6 is 0 Å². The van der Waals surface area contributed by atoms with Crippen molar-refractivity contribution < 1.29 is 14.3 Å². The molecule has 0 radical (unpaired) electrons. The number of carbonyl (C=O) groups excluding carboxylic acids is 1. The van der Waals surface area contributed by atoms with Crippen molar-refractivity contribution in [3.63, 3.8) is 0 Å². The Hall–Kier alpha value is -2.72. The van der Waals surface area contributed by atoms with Crippen molar-refractivity contribution in [2.75, 3.05) is 13.7 Å². The van der Waals surface area contributed by atoms with Crippen LogP contribution in [-0.2, 0) is 9.47 Å². The lowest BCUT2D eigenvalue weighted by Gasteiger charge is -2.17. The highest BCUT2D eigenvalue weighted by molar-refractivity contribution is 5.94. The van der Waals surface area contributed by atoms with Gasteiger partial charge < -0.3 is 9.47 Å². The van der Waals surface area contributed by atoms with Crippen LogP contribution in [0.2, 0.25) is 0 Å². The first-order valence-electron chi connectivity index (χ1n) is 7.37. The van der Waals surface area contributed by atoms with Gasteiger partial charge in [-0.1, -0.05) is 36.4 Å². The van der Waals surface area contributed by atoms with Gasteiger partial charge in [0, 0.05) is 18.7 Å². The van der Waals surface area contributed by atoms with E-state index >= 15 is 0 Å². The third-order valence-corrected chi connectivity index (χ3v) is 3.58. The maximum atomic E-state index is 12.4. The average molecular weight is 307 g/mol. The molecule has 0 aliphatic rings. The van der Waals surface area contributed by atoms with Gasteiger partial charge in [0.15, 0.2) is 6.10 Å². The zero-order valence-corrected chi connectivity index (χ0v) is 12.8. The minimum absolute atomic E-state index is 0.310. The first-order chi connectivity index (χ1) is 11.3. The second-order valence-electron chi connectivity index (χ2n) is 5.17. The summed E-state index contributed by atoms with van der Waals surface area (Å²) in [5, 5.41) is 0.907. The largest absolute Gasteiger partial charge is 0.451 e. The van der Waals surface area contributed by atoms with Gasteiger partial charge in [-0.15, -0.1) is 0 Å². The summed E-state index contributed by atoms with van der Waals surface area (Å²) in [5.74, 6) is -0.373. The Balaban J connectivity index is 1.82. The predicted molar refractivity (Wildman–Crippen MR) is 88.2 cm³/mol. The second kappa shape index (κ2) is 7.03. The van der Waals surface area contributed by atoms with Gasteiger partial charge >= 0.3 is 5.97 Å². The SMILES string of the molecule is COCC(OC(=O)c1ccc2ncccc2c1)c1ccccc1. The number of fused-ring (bicyclic) bond motifs is 1. The first-order valence-corrected chi connectivity index (χ1v) is 7.37. The molecule has 4 heteroatoms. The number of rotatable bonds is 5. The molecule has 3 aromatic rings. The van der Waals surface area contributed by atoms with E-state index in [1.54, 1.807) is 25.4 Å². The molecular formula is C19H17NO3. The molecule has 1 atom stereocenters. The maximum absolute atomic E-state index is 12.4. The van der Waals surface area contributed by atoms with Gasteiger partial charge in [0.25, 0.3) is 0 Å². The lowest BCUT2D eigenvalue weighted by Crippen LogP contribution is -2.16. The molecule has 1 heterocycles. The molecule has 0 saturated heterocycles. The summed E-state index contributed by atoms with van der Waals surface area (Å²) >= 11 is 0. The van der Waals surface area contributed by atoms with Crippen LogP contribution in [0.15, 0.2) is 66.9 Å². The molecule has 0 fully saturated rings. The van der Waals surface area contributed by atoms with Gasteiger partial charge in [0.1, 0.15) is 0 Å². The zero-order valence-electron chi connectivity index (χ0n) is 12.8. The van der Waals surface area contributed by atoms with E-state index < -0.39 is 6.10 Å². The second-order valence-corrected chi connectivity index (χ2v) is 5.17. The number of nitrogens with zero attached hydrogens (tertiary/aromatic N) is 1.